The summed E-state index contributed by atoms with van der Waals surface area (Å²) in [5.41, 5.74) is 0.885. The van der Waals surface area contributed by atoms with Crippen LogP contribution in [0, 0.1) is 10.8 Å². The second kappa shape index (κ2) is 6.98. The molecule has 0 radical (unpaired) electrons. The van der Waals surface area contributed by atoms with Crippen LogP contribution < -0.4 is 4.74 Å². The van der Waals surface area contributed by atoms with E-state index < -0.39 is 17.4 Å². The van der Waals surface area contributed by atoms with Crippen LogP contribution in [0.4, 0.5) is 0 Å². The number of esters is 2. The van der Waals surface area contributed by atoms with Gasteiger partial charge in [0, 0.05) is 17.5 Å². The summed E-state index contributed by atoms with van der Waals surface area (Å²) in [5.74, 6) is -0.0206. The van der Waals surface area contributed by atoms with Gasteiger partial charge in [-0.05, 0) is 68.8 Å². The summed E-state index contributed by atoms with van der Waals surface area (Å²) in [6.45, 7) is 8.59. The molecule has 4 aliphatic rings. The lowest BCUT2D eigenvalue weighted by Crippen LogP contribution is -2.78. The van der Waals surface area contributed by atoms with Gasteiger partial charge in [0.05, 0.1) is 20.3 Å². The van der Waals surface area contributed by atoms with E-state index in [0.717, 1.165) is 12.2 Å². The van der Waals surface area contributed by atoms with Crippen molar-refractivity contribution >= 4 is 11.9 Å². The van der Waals surface area contributed by atoms with Gasteiger partial charge >= 0.3 is 11.9 Å². The molecule has 164 valence electrons. The van der Waals surface area contributed by atoms with Crippen molar-refractivity contribution < 1.29 is 23.8 Å². The number of ether oxygens (including phenoxy) is 3. The molecule has 2 saturated heterocycles. The molecule has 2 aliphatic heterocycles. The molecule has 0 amide bonds. The zero-order chi connectivity index (χ0) is 21.9. The monoisotopic (exact) mass is 415 g/mol. The van der Waals surface area contributed by atoms with Crippen LogP contribution in [-0.4, -0.2) is 56.3 Å². The van der Waals surface area contributed by atoms with Gasteiger partial charge in [-0.25, -0.2) is 0 Å². The number of piperidine rings is 2. The van der Waals surface area contributed by atoms with Gasteiger partial charge in [-0.3, -0.25) is 14.5 Å². The summed E-state index contributed by atoms with van der Waals surface area (Å²) in [5, 5.41) is 0. The molecule has 6 heteroatoms. The third-order valence-electron chi connectivity index (χ3n) is 8.40. The van der Waals surface area contributed by atoms with E-state index in [4.69, 9.17) is 14.2 Å². The minimum Gasteiger partial charge on any atom is -0.497 e. The molecule has 4 atom stereocenters. The third-order valence-corrected chi connectivity index (χ3v) is 8.40. The molecule has 3 fully saturated rings. The van der Waals surface area contributed by atoms with Gasteiger partial charge in [0.25, 0.3) is 0 Å². The number of nitrogens with zero attached hydrogens (tertiary/aromatic N) is 1. The Morgan fingerprint density at radius 3 is 2.30 bits per heavy atom. The van der Waals surface area contributed by atoms with Crippen LogP contribution in [0.3, 0.4) is 0 Å². The van der Waals surface area contributed by atoms with Gasteiger partial charge in [0.15, 0.2) is 5.41 Å². The fourth-order valence-electron chi connectivity index (χ4n) is 6.75. The molecule has 2 aliphatic carbocycles. The maximum absolute atomic E-state index is 13.3. The molecule has 6 nitrogen and oxygen atoms in total. The van der Waals surface area contributed by atoms with E-state index in [1.165, 1.54) is 11.1 Å². The Morgan fingerprint density at radius 2 is 1.73 bits per heavy atom. The van der Waals surface area contributed by atoms with Crippen molar-refractivity contribution in [3.8, 4) is 5.75 Å². The van der Waals surface area contributed by atoms with E-state index in [9.17, 15) is 9.59 Å². The quantitative estimate of drug-likeness (QED) is 0.544. The van der Waals surface area contributed by atoms with Crippen molar-refractivity contribution in [2.24, 2.45) is 10.8 Å². The molecule has 5 rings (SSSR count). The van der Waals surface area contributed by atoms with Crippen molar-refractivity contribution in [1.29, 1.82) is 0 Å². The summed E-state index contributed by atoms with van der Waals surface area (Å²) < 4.78 is 16.4. The van der Waals surface area contributed by atoms with Crippen molar-refractivity contribution in [1.82, 2.24) is 4.90 Å². The van der Waals surface area contributed by atoms with Crippen molar-refractivity contribution in [2.45, 2.75) is 64.5 Å². The summed E-state index contributed by atoms with van der Waals surface area (Å²) in [4.78, 5) is 28.9. The lowest BCUT2D eigenvalue weighted by atomic mass is 9.39. The SMILES string of the molecule is CCOC(=O)C1(C(=O)OCC)C[C@@]2(C)C3Cc4cc(OC)ccc4[C@@]2(C)CC1N3C. The van der Waals surface area contributed by atoms with Crippen LogP contribution in [0.2, 0.25) is 0 Å². The van der Waals surface area contributed by atoms with Crippen LogP contribution >= 0.6 is 0 Å². The Balaban J connectivity index is 1.87. The van der Waals surface area contributed by atoms with Gasteiger partial charge in [-0.15, -0.1) is 0 Å². The number of hydrogen-bond acceptors (Lipinski definition) is 6. The number of hydrogen-bond donors (Lipinski definition) is 0. The standard InChI is InChI=1S/C24H33NO5/c1-7-29-20(26)24(21(27)30-8-2)14-23(4)18-12-15-11-16(28-6)9-10-17(15)22(23,3)13-19(24)25(18)5/h9-11,18-19H,7-8,12-14H2,1-6H3/t18?,19?,22-,23+/m1/s1. The molecule has 2 unspecified atom stereocenters. The van der Waals surface area contributed by atoms with Crippen molar-refractivity contribution in [2.75, 3.05) is 27.4 Å². The molecule has 1 aromatic carbocycles. The van der Waals surface area contributed by atoms with Crippen LogP contribution in [-0.2, 0) is 30.9 Å². The van der Waals surface area contributed by atoms with Gasteiger partial charge in [0.2, 0.25) is 0 Å². The van der Waals surface area contributed by atoms with E-state index in [1.54, 1.807) is 21.0 Å². The minimum absolute atomic E-state index is 0.156. The average molecular weight is 416 g/mol. The molecule has 1 saturated carbocycles. The number of carbonyl (C=O) groups excluding carboxylic acids is 2. The van der Waals surface area contributed by atoms with Gasteiger partial charge in [-0.2, -0.15) is 0 Å². The van der Waals surface area contributed by atoms with Crippen molar-refractivity contribution in [3.05, 3.63) is 29.3 Å². The lowest BCUT2D eigenvalue weighted by Gasteiger charge is -2.71. The summed E-state index contributed by atoms with van der Waals surface area (Å²) in [7, 11) is 3.74. The fourth-order valence-corrected chi connectivity index (χ4v) is 6.75. The Hall–Kier alpha value is -2.08. The van der Waals surface area contributed by atoms with Crippen LogP contribution in [0.5, 0.6) is 5.75 Å². The van der Waals surface area contributed by atoms with E-state index >= 15 is 0 Å². The first-order valence-electron chi connectivity index (χ1n) is 10.9. The first-order chi connectivity index (χ1) is 14.2. The maximum atomic E-state index is 13.3. The highest BCUT2D eigenvalue weighted by atomic mass is 16.6. The van der Waals surface area contributed by atoms with E-state index in [-0.39, 0.29) is 36.1 Å². The number of fused-ring (bicyclic) bond motifs is 2. The molecule has 0 aromatic heterocycles. The minimum atomic E-state index is -1.28. The molecule has 30 heavy (non-hydrogen) atoms. The summed E-state index contributed by atoms with van der Waals surface area (Å²) >= 11 is 0. The predicted molar refractivity (Wildman–Crippen MR) is 112 cm³/mol. The summed E-state index contributed by atoms with van der Waals surface area (Å²) in [6.07, 6.45) is 2.01. The molecule has 0 spiro atoms. The van der Waals surface area contributed by atoms with E-state index in [0.29, 0.717) is 12.8 Å². The van der Waals surface area contributed by atoms with Crippen LogP contribution in [0.15, 0.2) is 18.2 Å². The van der Waals surface area contributed by atoms with Crippen LogP contribution in [0.25, 0.3) is 0 Å². The highest BCUT2D eigenvalue weighted by Gasteiger charge is 2.74. The fraction of sp³-hybridized carbons (Fsp3) is 0.667. The first kappa shape index (κ1) is 21.2. The highest BCUT2D eigenvalue weighted by Crippen LogP contribution is 2.68. The predicted octanol–water partition coefficient (Wildman–Crippen LogP) is 3.10. The van der Waals surface area contributed by atoms with E-state index in [1.807, 2.05) is 13.1 Å². The zero-order valence-corrected chi connectivity index (χ0v) is 18.9. The normalized spacial score (nSPS) is 33.5. The molecule has 4 bridgehead atoms. The molecule has 2 heterocycles. The average Bonchev–Trinajstić information content (AvgIpc) is 2.71. The lowest BCUT2D eigenvalue weighted by molar-refractivity contribution is -0.219. The van der Waals surface area contributed by atoms with Gasteiger partial charge in [0.1, 0.15) is 5.75 Å². The van der Waals surface area contributed by atoms with E-state index in [2.05, 4.69) is 30.9 Å². The van der Waals surface area contributed by atoms with Gasteiger partial charge < -0.3 is 14.2 Å². The first-order valence-corrected chi connectivity index (χ1v) is 10.9. The third kappa shape index (κ3) is 2.46. The maximum Gasteiger partial charge on any atom is 0.325 e. The Kier molecular flexibility index (Phi) is 4.92. The Labute approximate surface area is 178 Å². The van der Waals surface area contributed by atoms with Gasteiger partial charge in [-0.1, -0.05) is 19.9 Å². The second-order valence-electron chi connectivity index (χ2n) is 9.47. The molecular formula is C24H33NO5. The molecule has 0 N–H and O–H groups in total. The number of carbonyl (C=O) groups is 2. The van der Waals surface area contributed by atoms with Crippen LogP contribution in [0.1, 0.15) is 51.7 Å². The molecular weight excluding hydrogens is 382 g/mol. The topological polar surface area (TPSA) is 65.1 Å². The smallest absolute Gasteiger partial charge is 0.325 e. The number of likely N-dealkylation sites (N-methyl/N-ethyl adjacent to an activating group) is 1. The Morgan fingerprint density at radius 1 is 1.10 bits per heavy atom. The Bertz CT molecular complexity index is 864. The number of methoxy groups -OCH3 is 1. The molecule has 1 aromatic rings. The number of rotatable bonds is 5. The highest BCUT2D eigenvalue weighted by molar-refractivity contribution is 6.01. The second-order valence-corrected chi connectivity index (χ2v) is 9.47. The zero-order valence-electron chi connectivity index (χ0n) is 18.9. The van der Waals surface area contributed by atoms with Crippen molar-refractivity contribution in [3.63, 3.8) is 0 Å². The number of benzene rings is 1. The summed E-state index contributed by atoms with van der Waals surface area (Å²) in [6, 6.07) is 6.29. The largest absolute Gasteiger partial charge is 0.497 e.